The Morgan fingerprint density at radius 1 is 1.00 bits per heavy atom. The average molecular weight is 263 g/mol. The summed E-state index contributed by atoms with van der Waals surface area (Å²) in [6.07, 6.45) is 0. The molecule has 0 aliphatic heterocycles. The minimum absolute atomic E-state index is 0.120. The molecular formula is C9H4Cl2O5. The van der Waals surface area contributed by atoms with Crippen molar-refractivity contribution in [2.24, 2.45) is 0 Å². The lowest BCUT2D eigenvalue weighted by Crippen LogP contribution is -2.09. The van der Waals surface area contributed by atoms with Crippen molar-refractivity contribution in [1.29, 1.82) is 0 Å². The number of esters is 1. The van der Waals surface area contributed by atoms with E-state index < -0.39 is 16.8 Å². The van der Waals surface area contributed by atoms with Crippen molar-refractivity contribution in [3.05, 3.63) is 29.8 Å². The van der Waals surface area contributed by atoms with Gasteiger partial charge in [0.05, 0.1) is 0 Å². The molecule has 0 heterocycles. The van der Waals surface area contributed by atoms with E-state index in [1.54, 1.807) is 0 Å². The Morgan fingerprint density at radius 2 is 1.62 bits per heavy atom. The van der Waals surface area contributed by atoms with Gasteiger partial charge in [-0.25, -0.2) is 14.4 Å². The first-order valence-electron chi connectivity index (χ1n) is 3.88. The Kier molecular flexibility index (Phi) is 4.28. The maximum absolute atomic E-state index is 11.3. The predicted octanol–water partition coefficient (Wildman–Crippen LogP) is 2.94. The van der Waals surface area contributed by atoms with Gasteiger partial charge in [0.2, 0.25) is 0 Å². The maximum atomic E-state index is 11.3. The van der Waals surface area contributed by atoms with Gasteiger partial charge in [0, 0.05) is 23.2 Å². The fourth-order valence-electron chi connectivity index (χ4n) is 0.939. The van der Waals surface area contributed by atoms with Gasteiger partial charge < -0.3 is 9.47 Å². The van der Waals surface area contributed by atoms with E-state index in [4.69, 9.17) is 23.2 Å². The molecule has 0 bridgehead atoms. The zero-order valence-electron chi connectivity index (χ0n) is 7.61. The summed E-state index contributed by atoms with van der Waals surface area (Å²) in [5.41, 5.74) is -2.53. The monoisotopic (exact) mass is 262 g/mol. The first kappa shape index (κ1) is 12.5. The van der Waals surface area contributed by atoms with Gasteiger partial charge in [0.15, 0.2) is 0 Å². The molecule has 16 heavy (non-hydrogen) atoms. The molecule has 84 valence electrons. The number of ether oxygens (including phenoxy) is 2. The van der Waals surface area contributed by atoms with Gasteiger partial charge in [-0.1, -0.05) is 12.1 Å². The van der Waals surface area contributed by atoms with Crippen LogP contribution in [-0.4, -0.2) is 16.8 Å². The van der Waals surface area contributed by atoms with E-state index in [1.807, 2.05) is 0 Å². The maximum Gasteiger partial charge on any atom is 0.411 e. The van der Waals surface area contributed by atoms with Crippen LogP contribution in [0.15, 0.2) is 24.3 Å². The second kappa shape index (κ2) is 5.48. The summed E-state index contributed by atoms with van der Waals surface area (Å²) in [6, 6.07) is 5.60. The third-order valence-electron chi connectivity index (χ3n) is 1.47. The molecule has 0 saturated carbocycles. The number of benzene rings is 1. The van der Waals surface area contributed by atoms with Crippen molar-refractivity contribution in [1.82, 2.24) is 0 Å². The molecule has 0 N–H and O–H groups in total. The summed E-state index contributed by atoms with van der Waals surface area (Å²) in [5.74, 6) is -1.15. The van der Waals surface area contributed by atoms with Crippen molar-refractivity contribution in [2.45, 2.75) is 0 Å². The molecule has 0 radical (unpaired) electrons. The number of hydrogen-bond donors (Lipinski definition) is 0. The Morgan fingerprint density at radius 3 is 2.19 bits per heavy atom. The first-order valence-corrected chi connectivity index (χ1v) is 4.64. The molecule has 0 aliphatic carbocycles. The summed E-state index contributed by atoms with van der Waals surface area (Å²) in [4.78, 5) is 32.2. The summed E-state index contributed by atoms with van der Waals surface area (Å²) >= 11 is 9.85. The van der Waals surface area contributed by atoms with Crippen LogP contribution in [0.3, 0.4) is 0 Å². The molecule has 0 aliphatic rings. The van der Waals surface area contributed by atoms with Gasteiger partial charge >= 0.3 is 16.8 Å². The van der Waals surface area contributed by atoms with E-state index in [2.05, 4.69) is 9.47 Å². The van der Waals surface area contributed by atoms with Crippen molar-refractivity contribution in [3.8, 4) is 5.75 Å². The highest BCUT2D eigenvalue weighted by Gasteiger charge is 2.17. The van der Waals surface area contributed by atoms with E-state index in [0.29, 0.717) is 0 Å². The highest BCUT2D eigenvalue weighted by molar-refractivity contribution is 6.62. The minimum Gasteiger partial charge on any atom is -0.414 e. The summed E-state index contributed by atoms with van der Waals surface area (Å²) < 4.78 is 8.63. The molecule has 7 heteroatoms. The van der Waals surface area contributed by atoms with Crippen LogP contribution in [0.4, 0.5) is 9.59 Å². The molecule has 0 amide bonds. The third kappa shape index (κ3) is 3.52. The van der Waals surface area contributed by atoms with E-state index in [1.165, 1.54) is 24.3 Å². The fourth-order valence-corrected chi connectivity index (χ4v) is 1.09. The molecule has 0 saturated heterocycles. The van der Waals surface area contributed by atoms with E-state index in [-0.39, 0.29) is 11.3 Å². The highest BCUT2D eigenvalue weighted by atomic mass is 35.5. The molecule has 0 spiro atoms. The predicted molar refractivity (Wildman–Crippen MR) is 55.0 cm³/mol. The van der Waals surface area contributed by atoms with Crippen LogP contribution < -0.4 is 4.74 Å². The average Bonchev–Trinajstić information content (AvgIpc) is 2.16. The largest absolute Gasteiger partial charge is 0.414 e. The van der Waals surface area contributed by atoms with Gasteiger partial charge in [0.1, 0.15) is 11.3 Å². The van der Waals surface area contributed by atoms with Gasteiger partial charge in [-0.3, -0.25) is 0 Å². The molecule has 5 nitrogen and oxygen atoms in total. The Balaban J connectivity index is 2.98. The highest BCUT2D eigenvalue weighted by Crippen LogP contribution is 2.20. The normalized spacial score (nSPS) is 9.38. The molecule has 0 fully saturated rings. The van der Waals surface area contributed by atoms with Crippen molar-refractivity contribution in [2.75, 3.05) is 0 Å². The molecule has 1 rings (SSSR count). The number of rotatable bonds is 2. The van der Waals surface area contributed by atoms with Crippen LogP contribution in [0.1, 0.15) is 10.4 Å². The van der Waals surface area contributed by atoms with Crippen molar-refractivity contribution in [3.63, 3.8) is 0 Å². The summed E-state index contributed by atoms with van der Waals surface area (Å²) in [7, 11) is 0. The van der Waals surface area contributed by atoms with Gasteiger partial charge in [-0.2, -0.15) is 0 Å². The molecule has 0 aromatic heterocycles. The van der Waals surface area contributed by atoms with Crippen LogP contribution >= 0.6 is 23.2 Å². The number of hydrogen-bond acceptors (Lipinski definition) is 5. The number of carbonyl (C=O) groups is 3. The lowest BCUT2D eigenvalue weighted by Gasteiger charge is -2.05. The van der Waals surface area contributed by atoms with E-state index in [0.717, 1.165) is 0 Å². The Hall–Kier alpha value is -1.59. The molecular weight excluding hydrogens is 259 g/mol. The topological polar surface area (TPSA) is 69.7 Å². The number of carbonyl (C=O) groups excluding carboxylic acids is 3. The van der Waals surface area contributed by atoms with Crippen LogP contribution in [-0.2, 0) is 4.74 Å². The second-order valence-electron chi connectivity index (χ2n) is 2.46. The minimum atomic E-state index is -1.28. The molecule has 0 atom stereocenters. The quantitative estimate of drug-likeness (QED) is 0.466. The molecule has 1 aromatic rings. The third-order valence-corrected chi connectivity index (χ3v) is 1.62. The van der Waals surface area contributed by atoms with Crippen molar-refractivity contribution < 1.29 is 23.9 Å². The lowest BCUT2D eigenvalue weighted by molar-refractivity contribution is 0.0659. The fraction of sp³-hybridized carbons (Fsp3) is 0. The Labute approximate surface area is 99.8 Å². The second-order valence-corrected chi connectivity index (χ2v) is 3.08. The zero-order chi connectivity index (χ0) is 12.1. The summed E-state index contributed by atoms with van der Waals surface area (Å²) in [6.45, 7) is 0. The standard InChI is InChI=1S/C9H4Cl2O5/c10-8(13)15-6-4-2-1-3-5(6)7(12)16-9(11)14/h1-4H. The SMILES string of the molecule is O=C(Cl)OC(=O)c1ccccc1OC(=O)Cl. The van der Waals surface area contributed by atoms with Crippen LogP contribution in [0, 0.1) is 0 Å². The van der Waals surface area contributed by atoms with E-state index >= 15 is 0 Å². The summed E-state index contributed by atoms with van der Waals surface area (Å²) in [5, 5.41) is 0. The van der Waals surface area contributed by atoms with Crippen LogP contribution in [0.25, 0.3) is 0 Å². The molecule has 1 aromatic carbocycles. The number of halogens is 2. The number of para-hydroxylation sites is 1. The molecule has 0 unspecified atom stereocenters. The van der Waals surface area contributed by atoms with E-state index in [9.17, 15) is 14.4 Å². The lowest BCUT2D eigenvalue weighted by atomic mass is 10.2. The zero-order valence-corrected chi connectivity index (χ0v) is 9.12. The van der Waals surface area contributed by atoms with Crippen molar-refractivity contribution >= 4 is 40.0 Å². The van der Waals surface area contributed by atoms with Crippen LogP contribution in [0.5, 0.6) is 5.75 Å². The van der Waals surface area contributed by atoms with Gasteiger partial charge in [0.25, 0.3) is 0 Å². The van der Waals surface area contributed by atoms with Gasteiger partial charge in [-0.15, -0.1) is 0 Å². The first-order chi connectivity index (χ1) is 7.50. The smallest absolute Gasteiger partial charge is 0.411 e. The van der Waals surface area contributed by atoms with Gasteiger partial charge in [-0.05, 0) is 12.1 Å². The van der Waals surface area contributed by atoms with Crippen LogP contribution in [0.2, 0.25) is 0 Å². The Bertz CT molecular complexity index is 443.